The highest BCUT2D eigenvalue weighted by atomic mass is 16.2. The Morgan fingerprint density at radius 3 is 2.41 bits per heavy atom. The largest absolute Gasteiger partial charge is 0.353 e. The topological polar surface area (TPSA) is 49.4 Å². The van der Waals surface area contributed by atoms with Gasteiger partial charge in [0.2, 0.25) is 5.91 Å². The third-order valence-electron chi connectivity index (χ3n) is 4.20. The molecule has 0 atom stereocenters. The second-order valence-corrected chi connectivity index (χ2v) is 6.10. The van der Waals surface area contributed by atoms with Gasteiger partial charge in [-0.25, -0.2) is 0 Å². The minimum atomic E-state index is 0.0933. The molecule has 0 aliphatic carbocycles. The third-order valence-corrected chi connectivity index (χ3v) is 4.20. The van der Waals surface area contributed by atoms with Gasteiger partial charge in [0.1, 0.15) is 0 Å². The van der Waals surface area contributed by atoms with Crippen molar-refractivity contribution in [2.45, 2.75) is 52.0 Å². The Morgan fingerprint density at radius 2 is 1.82 bits per heavy atom. The standard InChI is InChI=1S/C18H26N2O2/c1-3-4-5-17(21)19-16-10-12-20(13-11-16)18(22)15-8-6-14(2)7-9-15/h6-9,16H,3-5,10-13H2,1-2H3,(H,19,21). The average Bonchev–Trinajstić information content (AvgIpc) is 2.54. The van der Waals surface area contributed by atoms with E-state index in [0.29, 0.717) is 19.5 Å². The maximum absolute atomic E-state index is 12.4. The van der Waals surface area contributed by atoms with Crippen LogP contribution in [0.5, 0.6) is 0 Å². The summed E-state index contributed by atoms with van der Waals surface area (Å²) in [5, 5.41) is 3.08. The quantitative estimate of drug-likeness (QED) is 0.909. The smallest absolute Gasteiger partial charge is 0.253 e. The predicted octanol–water partition coefficient (Wildman–Crippen LogP) is 2.91. The van der Waals surface area contributed by atoms with Gasteiger partial charge in [-0.05, 0) is 38.3 Å². The zero-order valence-electron chi connectivity index (χ0n) is 13.6. The van der Waals surface area contributed by atoms with E-state index in [4.69, 9.17) is 0 Å². The lowest BCUT2D eigenvalue weighted by Gasteiger charge is -2.32. The van der Waals surface area contributed by atoms with Gasteiger partial charge in [0.05, 0.1) is 0 Å². The first kappa shape index (κ1) is 16.5. The Kier molecular flexibility index (Phi) is 5.99. The van der Waals surface area contributed by atoms with Crippen LogP contribution in [-0.2, 0) is 4.79 Å². The number of benzene rings is 1. The molecule has 0 aromatic heterocycles. The fourth-order valence-electron chi connectivity index (χ4n) is 2.74. The van der Waals surface area contributed by atoms with Crippen molar-refractivity contribution < 1.29 is 9.59 Å². The molecule has 4 nitrogen and oxygen atoms in total. The van der Waals surface area contributed by atoms with Gasteiger partial charge in [-0.3, -0.25) is 9.59 Å². The first-order chi connectivity index (χ1) is 10.6. The Hall–Kier alpha value is -1.84. The monoisotopic (exact) mass is 302 g/mol. The molecule has 1 aliphatic rings. The molecule has 120 valence electrons. The van der Waals surface area contributed by atoms with E-state index in [1.165, 1.54) is 0 Å². The Morgan fingerprint density at radius 1 is 1.18 bits per heavy atom. The van der Waals surface area contributed by atoms with Crippen LogP contribution in [0.4, 0.5) is 0 Å². The summed E-state index contributed by atoms with van der Waals surface area (Å²) in [4.78, 5) is 26.1. The van der Waals surface area contributed by atoms with E-state index in [1.807, 2.05) is 36.1 Å². The highest BCUT2D eigenvalue weighted by Gasteiger charge is 2.24. The second-order valence-electron chi connectivity index (χ2n) is 6.10. The van der Waals surface area contributed by atoms with Gasteiger partial charge < -0.3 is 10.2 Å². The first-order valence-electron chi connectivity index (χ1n) is 8.25. The van der Waals surface area contributed by atoms with E-state index in [2.05, 4.69) is 12.2 Å². The molecule has 1 heterocycles. The van der Waals surface area contributed by atoms with E-state index in [-0.39, 0.29) is 17.9 Å². The Bertz CT molecular complexity index is 502. The van der Waals surface area contributed by atoms with Crippen LogP contribution in [0.3, 0.4) is 0 Å². The summed E-state index contributed by atoms with van der Waals surface area (Å²) >= 11 is 0. The van der Waals surface area contributed by atoms with E-state index < -0.39 is 0 Å². The molecule has 1 fully saturated rings. The predicted molar refractivity (Wildman–Crippen MR) is 87.8 cm³/mol. The van der Waals surface area contributed by atoms with Crippen LogP contribution in [-0.4, -0.2) is 35.8 Å². The number of likely N-dealkylation sites (tertiary alicyclic amines) is 1. The van der Waals surface area contributed by atoms with Crippen LogP contribution in [0.15, 0.2) is 24.3 Å². The van der Waals surface area contributed by atoms with E-state index in [9.17, 15) is 9.59 Å². The van der Waals surface area contributed by atoms with Crippen molar-refractivity contribution in [2.24, 2.45) is 0 Å². The number of carbonyl (C=O) groups is 2. The average molecular weight is 302 g/mol. The molecule has 1 aliphatic heterocycles. The van der Waals surface area contributed by atoms with Crippen LogP contribution in [0.1, 0.15) is 54.9 Å². The normalized spacial score (nSPS) is 15.6. The number of unbranched alkanes of at least 4 members (excludes halogenated alkanes) is 1. The Labute approximate surface area is 132 Å². The second kappa shape index (κ2) is 7.97. The van der Waals surface area contributed by atoms with Gasteiger partial charge in [-0.1, -0.05) is 31.0 Å². The van der Waals surface area contributed by atoms with Gasteiger partial charge in [0, 0.05) is 31.1 Å². The number of piperidine rings is 1. The molecule has 1 aromatic carbocycles. The van der Waals surface area contributed by atoms with Crippen molar-refractivity contribution in [3.63, 3.8) is 0 Å². The number of rotatable bonds is 5. The molecule has 0 saturated carbocycles. The van der Waals surface area contributed by atoms with E-state index in [1.54, 1.807) is 0 Å². The van der Waals surface area contributed by atoms with Gasteiger partial charge in [-0.2, -0.15) is 0 Å². The number of amides is 2. The van der Waals surface area contributed by atoms with Crippen molar-refractivity contribution in [1.29, 1.82) is 0 Å². The van der Waals surface area contributed by atoms with Crippen LogP contribution in [0.25, 0.3) is 0 Å². The number of nitrogens with zero attached hydrogens (tertiary/aromatic N) is 1. The molecule has 1 aromatic rings. The molecular formula is C18H26N2O2. The molecule has 22 heavy (non-hydrogen) atoms. The zero-order valence-corrected chi connectivity index (χ0v) is 13.6. The maximum atomic E-state index is 12.4. The van der Waals surface area contributed by atoms with Crippen LogP contribution in [0, 0.1) is 6.92 Å². The fourth-order valence-corrected chi connectivity index (χ4v) is 2.74. The highest BCUT2D eigenvalue weighted by Crippen LogP contribution is 2.15. The van der Waals surface area contributed by atoms with Crippen molar-refractivity contribution in [3.8, 4) is 0 Å². The molecule has 0 bridgehead atoms. The SMILES string of the molecule is CCCCC(=O)NC1CCN(C(=O)c2ccc(C)cc2)CC1. The minimum Gasteiger partial charge on any atom is -0.353 e. The highest BCUT2D eigenvalue weighted by molar-refractivity contribution is 5.94. The van der Waals surface area contributed by atoms with Crippen LogP contribution in [0.2, 0.25) is 0 Å². The maximum Gasteiger partial charge on any atom is 0.253 e. The molecule has 0 unspecified atom stereocenters. The van der Waals surface area contributed by atoms with Crippen molar-refractivity contribution in [2.75, 3.05) is 13.1 Å². The Balaban J connectivity index is 1.80. The van der Waals surface area contributed by atoms with Gasteiger partial charge in [-0.15, -0.1) is 0 Å². The summed E-state index contributed by atoms with van der Waals surface area (Å²) in [5.41, 5.74) is 1.90. The molecule has 1 saturated heterocycles. The van der Waals surface area contributed by atoms with Gasteiger partial charge >= 0.3 is 0 Å². The number of aryl methyl sites for hydroxylation is 1. The van der Waals surface area contributed by atoms with Gasteiger partial charge in [0.25, 0.3) is 5.91 Å². The number of hydrogen-bond donors (Lipinski definition) is 1. The summed E-state index contributed by atoms with van der Waals surface area (Å²) in [6.07, 6.45) is 4.28. The molecule has 2 amide bonds. The van der Waals surface area contributed by atoms with Crippen molar-refractivity contribution in [3.05, 3.63) is 35.4 Å². The van der Waals surface area contributed by atoms with Crippen LogP contribution >= 0.6 is 0 Å². The molecule has 2 rings (SSSR count). The van der Waals surface area contributed by atoms with Crippen molar-refractivity contribution >= 4 is 11.8 Å². The fraction of sp³-hybridized carbons (Fsp3) is 0.556. The molecule has 0 radical (unpaired) electrons. The summed E-state index contributed by atoms with van der Waals surface area (Å²) in [5.74, 6) is 0.237. The third kappa shape index (κ3) is 4.58. The van der Waals surface area contributed by atoms with E-state index in [0.717, 1.165) is 36.8 Å². The van der Waals surface area contributed by atoms with Crippen LogP contribution < -0.4 is 5.32 Å². The lowest BCUT2D eigenvalue weighted by Crippen LogP contribution is -2.46. The zero-order chi connectivity index (χ0) is 15.9. The summed E-state index contributed by atoms with van der Waals surface area (Å²) in [7, 11) is 0. The summed E-state index contributed by atoms with van der Waals surface area (Å²) in [6, 6.07) is 7.92. The number of hydrogen-bond acceptors (Lipinski definition) is 2. The van der Waals surface area contributed by atoms with Gasteiger partial charge in [0.15, 0.2) is 0 Å². The first-order valence-corrected chi connectivity index (χ1v) is 8.25. The molecule has 1 N–H and O–H groups in total. The number of nitrogens with one attached hydrogen (secondary N) is 1. The lowest BCUT2D eigenvalue weighted by atomic mass is 10.0. The summed E-state index contributed by atoms with van der Waals surface area (Å²) in [6.45, 7) is 5.53. The molecule has 4 heteroatoms. The number of carbonyl (C=O) groups excluding carboxylic acids is 2. The van der Waals surface area contributed by atoms with Crippen molar-refractivity contribution in [1.82, 2.24) is 10.2 Å². The summed E-state index contributed by atoms with van der Waals surface area (Å²) < 4.78 is 0. The minimum absolute atomic E-state index is 0.0933. The molecular weight excluding hydrogens is 276 g/mol. The molecule has 0 spiro atoms. The van der Waals surface area contributed by atoms with E-state index >= 15 is 0 Å². The lowest BCUT2D eigenvalue weighted by molar-refractivity contribution is -0.122.